The van der Waals surface area contributed by atoms with Gasteiger partial charge in [0.2, 0.25) is 5.91 Å². The van der Waals surface area contributed by atoms with E-state index < -0.39 is 11.5 Å². The molecule has 0 bridgehead atoms. The SMILES string of the molecule is Cc1cccc(-c2ccc(C(=O)Nc3cccc(CN4CCC(C(N)=O)CC4)c3)c(=O)[nH]2)c1. The number of hydrogen-bond acceptors (Lipinski definition) is 4. The molecule has 2 heterocycles. The third-order valence-corrected chi connectivity index (χ3v) is 6.06. The first kappa shape index (κ1) is 22.5. The van der Waals surface area contributed by atoms with Gasteiger partial charge in [-0.1, -0.05) is 35.9 Å². The van der Waals surface area contributed by atoms with Crippen molar-refractivity contribution >= 4 is 17.5 Å². The maximum absolute atomic E-state index is 12.8. The van der Waals surface area contributed by atoms with Gasteiger partial charge in [0.15, 0.2) is 0 Å². The summed E-state index contributed by atoms with van der Waals surface area (Å²) in [6.07, 6.45) is 1.54. The van der Waals surface area contributed by atoms with E-state index in [4.69, 9.17) is 5.73 Å². The zero-order valence-corrected chi connectivity index (χ0v) is 18.6. The normalized spacial score (nSPS) is 14.7. The number of aromatic amines is 1. The number of H-pyrrole nitrogens is 1. The smallest absolute Gasteiger partial charge is 0.261 e. The quantitative estimate of drug-likeness (QED) is 0.542. The van der Waals surface area contributed by atoms with E-state index in [1.807, 2.05) is 49.4 Å². The molecule has 0 saturated carbocycles. The molecule has 33 heavy (non-hydrogen) atoms. The second-order valence-corrected chi connectivity index (χ2v) is 8.59. The Morgan fingerprint density at radius 1 is 1.06 bits per heavy atom. The lowest BCUT2D eigenvalue weighted by Gasteiger charge is -2.30. The van der Waals surface area contributed by atoms with Gasteiger partial charge in [0, 0.05) is 23.8 Å². The van der Waals surface area contributed by atoms with Crippen LogP contribution in [-0.2, 0) is 11.3 Å². The van der Waals surface area contributed by atoms with Gasteiger partial charge in [-0.15, -0.1) is 0 Å². The van der Waals surface area contributed by atoms with Crippen LogP contribution >= 0.6 is 0 Å². The van der Waals surface area contributed by atoms with Gasteiger partial charge in [-0.3, -0.25) is 19.3 Å². The summed E-state index contributed by atoms with van der Waals surface area (Å²) in [7, 11) is 0. The Kier molecular flexibility index (Phi) is 6.70. The van der Waals surface area contributed by atoms with Crippen LogP contribution in [0.15, 0.2) is 65.5 Å². The van der Waals surface area contributed by atoms with Crippen molar-refractivity contribution in [1.29, 1.82) is 0 Å². The minimum Gasteiger partial charge on any atom is -0.369 e. The molecule has 3 aromatic rings. The van der Waals surface area contributed by atoms with Crippen LogP contribution in [0, 0.1) is 12.8 Å². The number of aryl methyl sites for hydroxylation is 1. The number of carbonyl (C=O) groups excluding carboxylic acids is 2. The predicted octanol–water partition coefficient (Wildman–Crippen LogP) is 3.30. The van der Waals surface area contributed by atoms with Crippen LogP contribution in [0.1, 0.15) is 34.3 Å². The fourth-order valence-electron chi connectivity index (χ4n) is 4.21. The minimum absolute atomic E-state index is 0.0396. The summed E-state index contributed by atoms with van der Waals surface area (Å²) in [5, 5.41) is 2.83. The lowest BCUT2D eigenvalue weighted by molar-refractivity contribution is -0.123. The number of likely N-dealkylation sites (tertiary alicyclic amines) is 1. The highest BCUT2D eigenvalue weighted by molar-refractivity contribution is 6.04. The Bertz CT molecular complexity index is 1230. The first-order valence-corrected chi connectivity index (χ1v) is 11.1. The van der Waals surface area contributed by atoms with Crippen molar-refractivity contribution in [2.75, 3.05) is 18.4 Å². The second-order valence-electron chi connectivity index (χ2n) is 8.59. The highest BCUT2D eigenvalue weighted by Gasteiger charge is 2.23. The number of anilines is 1. The number of nitrogens with one attached hydrogen (secondary N) is 2. The molecule has 1 saturated heterocycles. The molecule has 1 aliphatic rings. The van der Waals surface area contributed by atoms with E-state index in [1.54, 1.807) is 18.2 Å². The summed E-state index contributed by atoms with van der Waals surface area (Å²) in [6, 6.07) is 18.7. The molecule has 1 fully saturated rings. The largest absolute Gasteiger partial charge is 0.369 e. The highest BCUT2D eigenvalue weighted by Crippen LogP contribution is 2.21. The van der Waals surface area contributed by atoms with Crippen LogP contribution in [0.25, 0.3) is 11.3 Å². The van der Waals surface area contributed by atoms with E-state index in [-0.39, 0.29) is 17.4 Å². The number of pyridine rings is 1. The lowest BCUT2D eigenvalue weighted by atomic mass is 9.96. The molecule has 4 N–H and O–H groups in total. The predicted molar refractivity (Wildman–Crippen MR) is 129 cm³/mol. The topological polar surface area (TPSA) is 108 Å². The number of nitrogens with two attached hydrogens (primary N) is 1. The van der Waals surface area contributed by atoms with Crippen molar-refractivity contribution in [3.05, 3.63) is 87.7 Å². The Hall–Kier alpha value is -3.71. The summed E-state index contributed by atoms with van der Waals surface area (Å²) in [5.74, 6) is -0.713. The maximum Gasteiger partial charge on any atom is 0.261 e. The van der Waals surface area contributed by atoms with Gasteiger partial charge >= 0.3 is 0 Å². The molecule has 2 aromatic carbocycles. The van der Waals surface area contributed by atoms with Crippen LogP contribution in [0.4, 0.5) is 5.69 Å². The molecule has 2 amide bonds. The van der Waals surface area contributed by atoms with Crippen molar-refractivity contribution in [2.45, 2.75) is 26.3 Å². The summed E-state index contributed by atoms with van der Waals surface area (Å²) in [5.41, 5.74) is 9.38. The Labute approximate surface area is 192 Å². The molecule has 0 spiro atoms. The molecule has 0 atom stereocenters. The van der Waals surface area contributed by atoms with E-state index in [0.29, 0.717) is 11.4 Å². The first-order chi connectivity index (χ1) is 15.9. The number of benzene rings is 2. The van der Waals surface area contributed by atoms with Crippen molar-refractivity contribution < 1.29 is 9.59 Å². The van der Waals surface area contributed by atoms with Gasteiger partial charge < -0.3 is 16.0 Å². The minimum atomic E-state index is -0.452. The highest BCUT2D eigenvalue weighted by atomic mass is 16.2. The average Bonchev–Trinajstić information content (AvgIpc) is 2.79. The zero-order chi connectivity index (χ0) is 23.4. The molecule has 170 valence electrons. The zero-order valence-electron chi connectivity index (χ0n) is 18.6. The van der Waals surface area contributed by atoms with Gasteiger partial charge in [0.25, 0.3) is 11.5 Å². The molecule has 7 heteroatoms. The Morgan fingerprint density at radius 3 is 2.52 bits per heavy atom. The number of carbonyl (C=O) groups is 2. The van der Waals surface area contributed by atoms with Crippen molar-refractivity contribution in [1.82, 2.24) is 9.88 Å². The van der Waals surface area contributed by atoms with Gasteiger partial charge in [-0.05, 0) is 74.3 Å². The van der Waals surface area contributed by atoms with E-state index >= 15 is 0 Å². The van der Waals surface area contributed by atoms with Crippen molar-refractivity contribution in [3.63, 3.8) is 0 Å². The molecule has 0 unspecified atom stereocenters. The van der Waals surface area contributed by atoms with Crippen LogP contribution in [0.2, 0.25) is 0 Å². The van der Waals surface area contributed by atoms with E-state index in [1.165, 1.54) is 0 Å². The van der Waals surface area contributed by atoms with Gasteiger partial charge in [0.05, 0.1) is 0 Å². The number of aromatic nitrogens is 1. The van der Waals surface area contributed by atoms with Crippen LogP contribution in [-0.4, -0.2) is 34.8 Å². The van der Waals surface area contributed by atoms with E-state index in [2.05, 4.69) is 15.2 Å². The number of amides is 2. The summed E-state index contributed by atoms with van der Waals surface area (Å²) in [6.45, 7) is 4.33. The van der Waals surface area contributed by atoms with Crippen LogP contribution in [0.5, 0.6) is 0 Å². The second kappa shape index (κ2) is 9.83. The number of piperidine rings is 1. The summed E-state index contributed by atoms with van der Waals surface area (Å²) in [4.78, 5) is 41.8. The molecular weight excluding hydrogens is 416 g/mol. The third kappa shape index (κ3) is 5.56. The molecule has 7 nitrogen and oxygen atoms in total. The third-order valence-electron chi connectivity index (χ3n) is 6.06. The van der Waals surface area contributed by atoms with Gasteiger partial charge in [-0.2, -0.15) is 0 Å². The van der Waals surface area contributed by atoms with Crippen molar-refractivity contribution in [3.8, 4) is 11.3 Å². The number of hydrogen-bond donors (Lipinski definition) is 3. The summed E-state index contributed by atoms with van der Waals surface area (Å²) >= 11 is 0. The molecule has 0 aliphatic carbocycles. The molecule has 4 rings (SSSR count). The fraction of sp³-hybridized carbons (Fsp3) is 0.269. The van der Waals surface area contributed by atoms with Gasteiger partial charge in [0.1, 0.15) is 5.56 Å². The number of rotatable bonds is 6. The lowest BCUT2D eigenvalue weighted by Crippen LogP contribution is -2.38. The maximum atomic E-state index is 12.8. The number of primary amides is 1. The van der Waals surface area contributed by atoms with Gasteiger partial charge in [-0.25, -0.2) is 0 Å². The molecule has 1 aliphatic heterocycles. The molecule has 0 radical (unpaired) electrons. The fourth-order valence-corrected chi connectivity index (χ4v) is 4.21. The standard InChI is InChI=1S/C26H28N4O3/c1-17-4-2-6-20(14-17)23-9-8-22(26(33)29-23)25(32)28-21-7-3-5-18(15-21)16-30-12-10-19(11-13-30)24(27)31/h2-9,14-15,19H,10-13,16H2,1H3,(H2,27,31)(H,28,32)(H,29,33). The monoisotopic (exact) mass is 444 g/mol. The summed E-state index contributed by atoms with van der Waals surface area (Å²) < 4.78 is 0. The molecular formula is C26H28N4O3. The van der Waals surface area contributed by atoms with Crippen molar-refractivity contribution in [2.24, 2.45) is 11.7 Å². The average molecular weight is 445 g/mol. The first-order valence-electron chi connectivity index (χ1n) is 11.1. The van der Waals surface area contributed by atoms with E-state index in [0.717, 1.165) is 49.2 Å². The Morgan fingerprint density at radius 2 is 1.82 bits per heavy atom. The number of nitrogens with zero attached hydrogens (tertiary/aromatic N) is 1. The molecule has 1 aromatic heterocycles. The van der Waals surface area contributed by atoms with E-state index in [9.17, 15) is 14.4 Å². The van der Waals surface area contributed by atoms with Crippen LogP contribution < -0.4 is 16.6 Å². The Balaban J connectivity index is 1.42. The van der Waals surface area contributed by atoms with Crippen LogP contribution in [0.3, 0.4) is 0 Å².